The molecular formula is C12H20N4O3. The van der Waals surface area contributed by atoms with Gasteiger partial charge in [0.1, 0.15) is 0 Å². The molecule has 1 rings (SSSR count). The third-order valence-corrected chi connectivity index (χ3v) is 2.68. The fourth-order valence-electron chi connectivity index (χ4n) is 1.64. The lowest BCUT2D eigenvalue weighted by Gasteiger charge is -2.26. The van der Waals surface area contributed by atoms with Gasteiger partial charge < -0.3 is 20.3 Å². The molecule has 1 aromatic rings. The highest BCUT2D eigenvalue weighted by atomic mass is 16.4. The van der Waals surface area contributed by atoms with E-state index in [-0.39, 0.29) is 25.0 Å². The van der Waals surface area contributed by atoms with E-state index in [1.807, 2.05) is 13.8 Å². The standard InChI is InChI=1S/C12H20N4O3/c1-9(2)16(6-4-11(17)18)12(19)14-5-3-10-7-13-8-15-10/h7-9H,3-6H2,1-2H3,(H,13,15)(H,14,19)(H,17,18). The number of carbonyl (C=O) groups is 2. The van der Waals surface area contributed by atoms with E-state index in [0.717, 1.165) is 5.69 Å². The fraction of sp³-hybridized carbons (Fsp3) is 0.583. The molecule has 2 amide bonds. The Hall–Kier alpha value is -2.05. The lowest BCUT2D eigenvalue weighted by molar-refractivity contribution is -0.137. The summed E-state index contributed by atoms with van der Waals surface area (Å²) in [5.41, 5.74) is 0.946. The molecule has 0 fully saturated rings. The van der Waals surface area contributed by atoms with Crippen LogP contribution in [0, 0.1) is 0 Å². The summed E-state index contributed by atoms with van der Waals surface area (Å²) in [7, 11) is 0. The first kappa shape index (κ1) is 15.0. The highest BCUT2D eigenvalue weighted by Crippen LogP contribution is 2.01. The largest absolute Gasteiger partial charge is 0.481 e. The third kappa shape index (κ3) is 5.41. The average molecular weight is 268 g/mol. The summed E-state index contributed by atoms with van der Waals surface area (Å²) in [5, 5.41) is 11.4. The molecule has 106 valence electrons. The SMILES string of the molecule is CC(C)N(CCC(=O)O)C(=O)NCCc1cnc[nH]1. The second-order valence-electron chi connectivity index (χ2n) is 4.49. The van der Waals surface area contributed by atoms with Gasteiger partial charge in [-0.25, -0.2) is 9.78 Å². The molecule has 0 spiro atoms. The maximum absolute atomic E-state index is 11.9. The molecule has 0 aliphatic heterocycles. The van der Waals surface area contributed by atoms with Gasteiger partial charge >= 0.3 is 12.0 Å². The van der Waals surface area contributed by atoms with Crippen molar-refractivity contribution in [2.24, 2.45) is 0 Å². The predicted octanol–water partition coefficient (Wildman–Crippen LogP) is 0.847. The summed E-state index contributed by atoms with van der Waals surface area (Å²) in [6.07, 6.45) is 3.91. The summed E-state index contributed by atoms with van der Waals surface area (Å²) in [6, 6.07) is -0.276. The highest BCUT2D eigenvalue weighted by Gasteiger charge is 2.17. The first-order valence-electron chi connectivity index (χ1n) is 6.24. The average Bonchev–Trinajstić information content (AvgIpc) is 2.81. The van der Waals surface area contributed by atoms with Gasteiger partial charge in [-0.15, -0.1) is 0 Å². The molecule has 0 aliphatic rings. The zero-order valence-corrected chi connectivity index (χ0v) is 11.2. The number of nitrogens with one attached hydrogen (secondary N) is 2. The van der Waals surface area contributed by atoms with Crippen LogP contribution >= 0.6 is 0 Å². The number of aliphatic carboxylic acids is 1. The van der Waals surface area contributed by atoms with Gasteiger partial charge in [0.25, 0.3) is 0 Å². The molecular weight excluding hydrogens is 248 g/mol. The molecule has 7 heteroatoms. The maximum atomic E-state index is 11.9. The molecule has 0 bridgehead atoms. The van der Waals surface area contributed by atoms with Crippen molar-refractivity contribution in [3.05, 3.63) is 18.2 Å². The Morgan fingerprint density at radius 1 is 1.53 bits per heavy atom. The summed E-state index contributed by atoms with van der Waals surface area (Å²) < 4.78 is 0. The predicted molar refractivity (Wildman–Crippen MR) is 69.8 cm³/mol. The van der Waals surface area contributed by atoms with Crippen molar-refractivity contribution in [2.75, 3.05) is 13.1 Å². The number of rotatable bonds is 7. The van der Waals surface area contributed by atoms with Crippen LogP contribution in [-0.4, -0.2) is 51.1 Å². The number of H-pyrrole nitrogens is 1. The first-order chi connectivity index (χ1) is 9.00. The molecule has 3 N–H and O–H groups in total. The molecule has 0 saturated carbocycles. The normalized spacial score (nSPS) is 10.5. The van der Waals surface area contributed by atoms with Gasteiger partial charge in [0.05, 0.1) is 12.7 Å². The molecule has 0 saturated heterocycles. The van der Waals surface area contributed by atoms with Crippen molar-refractivity contribution in [3.63, 3.8) is 0 Å². The third-order valence-electron chi connectivity index (χ3n) is 2.68. The van der Waals surface area contributed by atoms with Gasteiger partial charge in [-0.2, -0.15) is 0 Å². The van der Waals surface area contributed by atoms with Crippen LogP contribution in [-0.2, 0) is 11.2 Å². The molecule has 1 aromatic heterocycles. The number of carbonyl (C=O) groups excluding carboxylic acids is 1. The van der Waals surface area contributed by atoms with Gasteiger partial charge in [-0.3, -0.25) is 4.79 Å². The van der Waals surface area contributed by atoms with E-state index in [1.165, 1.54) is 4.90 Å². The van der Waals surface area contributed by atoms with Crippen molar-refractivity contribution >= 4 is 12.0 Å². The fourth-order valence-corrected chi connectivity index (χ4v) is 1.64. The Kier molecular flexibility index (Phi) is 5.84. The number of hydrogen-bond donors (Lipinski definition) is 3. The number of aromatic amines is 1. The van der Waals surface area contributed by atoms with Crippen molar-refractivity contribution in [3.8, 4) is 0 Å². The lowest BCUT2D eigenvalue weighted by Crippen LogP contribution is -2.45. The van der Waals surface area contributed by atoms with E-state index in [9.17, 15) is 9.59 Å². The van der Waals surface area contributed by atoms with Crippen LogP contribution in [0.2, 0.25) is 0 Å². The number of amides is 2. The topological polar surface area (TPSA) is 98.3 Å². The molecule has 0 aromatic carbocycles. The first-order valence-corrected chi connectivity index (χ1v) is 6.24. The van der Waals surface area contributed by atoms with Crippen LogP contribution < -0.4 is 5.32 Å². The second kappa shape index (κ2) is 7.40. The Morgan fingerprint density at radius 3 is 2.79 bits per heavy atom. The minimum absolute atomic E-state index is 0.0356. The zero-order valence-electron chi connectivity index (χ0n) is 11.2. The number of imidazole rings is 1. The van der Waals surface area contributed by atoms with E-state index in [2.05, 4.69) is 15.3 Å². The summed E-state index contributed by atoms with van der Waals surface area (Å²) in [6.45, 7) is 4.41. The van der Waals surface area contributed by atoms with Gasteiger partial charge in [-0.05, 0) is 13.8 Å². The van der Waals surface area contributed by atoms with Crippen LogP contribution in [0.1, 0.15) is 26.0 Å². The van der Waals surface area contributed by atoms with Crippen LogP contribution in [0.4, 0.5) is 4.79 Å². The Labute approximate surface area is 112 Å². The number of urea groups is 1. The molecule has 1 heterocycles. The number of hydrogen-bond acceptors (Lipinski definition) is 3. The van der Waals surface area contributed by atoms with Crippen LogP contribution in [0.5, 0.6) is 0 Å². The Balaban J connectivity index is 2.36. The maximum Gasteiger partial charge on any atom is 0.317 e. The van der Waals surface area contributed by atoms with Crippen molar-refractivity contribution in [2.45, 2.75) is 32.7 Å². The smallest absolute Gasteiger partial charge is 0.317 e. The van der Waals surface area contributed by atoms with E-state index in [1.54, 1.807) is 12.5 Å². The molecule has 0 radical (unpaired) electrons. The van der Waals surface area contributed by atoms with Gasteiger partial charge in [-0.1, -0.05) is 0 Å². The molecule has 0 atom stereocenters. The van der Waals surface area contributed by atoms with E-state index >= 15 is 0 Å². The van der Waals surface area contributed by atoms with Crippen molar-refractivity contribution in [1.29, 1.82) is 0 Å². The number of carboxylic acid groups (broad SMARTS) is 1. The van der Waals surface area contributed by atoms with Gasteiger partial charge in [0.15, 0.2) is 0 Å². The van der Waals surface area contributed by atoms with Crippen molar-refractivity contribution < 1.29 is 14.7 Å². The Bertz CT molecular complexity index is 403. The lowest BCUT2D eigenvalue weighted by atomic mass is 10.3. The minimum atomic E-state index is -0.907. The second-order valence-corrected chi connectivity index (χ2v) is 4.49. The van der Waals surface area contributed by atoms with Crippen LogP contribution in [0.25, 0.3) is 0 Å². The number of aromatic nitrogens is 2. The van der Waals surface area contributed by atoms with Gasteiger partial charge in [0.2, 0.25) is 0 Å². The van der Waals surface area contributed by atoms with E-state index < -0.39 is 5.97 Å². The number of carboxylic acids is 1. The quantitative estimate of drug-likeness (QED) is 0.682. The van der Waals surface area contributed by atoms with Gasteiger partial charge in [0, 0.05) is 37.4 Å². The summed E-state index contributed by atoms with van der Waals surface area (Å²) in [4.78, 5) is 30.8. The summed E-state index contributed by atoms with van der Waals surface area (Å²) in [5.74, 6) is -0.907. The minimum Gasteiger partial charge on any atom is -0.481 e. The highest BCUT2D eigenvalue weighted by molar-refractivity contribution is 5.75. The Morgan fingerprint density at radius 2 is 2.26 bits per heavy atom. The van der Waals surface area contributed by atoms with Crippen LogP contribution in [0.15, 0.2) is 12.5 Å². The van der Waals surface area contributed by atoms with Crippen molar-refractivity contribution in [1.82, 2.24) is 20.2 Å². The summed E-state index contributed by atoms with van der Waals surface area (Å²) >= 11 is 0. The molecule has 0 aliphatic carbocycles. The van der Waals surface area contributed by atoms with E-state index in [4.69, 9.17) is 5.11 Å². The molecule has 19 heavy (non-hydrogen) atoms. The molecule has 0 unspecified atom stereocenters. The number of nitrogens with zero attached hydrogens (tertiary/aromatic N) is 2. The van der Waals surface area contributed by atoms with Crippen LogP contribution in [0.3, 0.4) is 0 Å². The zero-order chi connectivity index (χ0) is 14.3. The van der Waals surface area contributed by atoms with E-state index in [0.29, 0.717) is 13.0 Å². The molecule has 7 nitrogen and oxygen atoms in total. The monoisotopic (exact) mass is 268 g/mol.